The minimum atomic E-state index is -4.46. The summed E-state index contributed by atoms with van der Waals surface area (Å²) in [4.78, 5) is 0. The molecule has 0 saturated heterocycles. The van der Waals surface area contributed by atoms with Gasteiger partial charge in [-0.2, -0.15) is 13.2 Å². The smallest absolute Gasteiger partial charge is 0.417 e. The van der Waals surface area contributed by atoms with Crippen molar-refractivity contribution in [3.8, 4) is 5.88 Å². The molecular weight excluding hydrogens is 257 g/mol. The number of fused-ring (bicyclic) bond motifs is 3. The molecule has 1 aromatic carbocycles. The Balaban J connectivity index is 2.34. The summed E-state index contributed by atoms with van der Waals surface area (Å²) in [6.45, 7) is 2.85. The van der Waals surface area contributed by atoms with Crippen LogP contribution in [0, 0.1) is 0 Å². The fourth-order valence-corrected chi connectivity index (χ4v) is 2.67. The number of hydrogen-bond acceptors (Lipinski definition) is 2. The predicted octanol–water partition coefficient (Wildman–Crippen LogP) is 2.86. The Kier molecular flexibility index (Phi) is 2.53. The number of nitrogens with zero attached hydrogens (tertiary/aromatic N) is 1. The fourth-order valence-electron chi connectivity index (χ4n) is 2.67. The Morgan fingerprint density at radius 2 is 2.11 bits per heavy atom. The van der Waals surface area contributed by atoms with Crippen LogP contribution in [0.5, 0.6) is 5.88 Å². The molecule has 0 amide bonds. The minimum absolute atomic E-state index is 0.0964. The number of aromatic hydroxyl groups is 1. The van der Waals surface area contributed by atoms with Gasteiger partial charge in [0.2, 0.25) is 0 Å². The van der Waals surface area contributed by atoms with Crippen molar-refractivity contribution in [1.82, 2.24) is 9.88 Å². The SMILES string of the molecule is C[C@H]1Cn2c(c3cccc(C(F)(F)F)c3c2O)CN1. The van der Waals surface area contributed by atoms with Crippen molar-refractivity contribution in [2.75, 3.05) is 0 Å². The molecule has 0 bridgehead atoms. The number of aromatic nitrogens is 1. The second kappa shape index (κ2) is 3.90. The molecule has 2 N–H and O–H groups in total. The zero-order chi connectivity index (χ0) is 13.8. The summed E-state index contributed by atoms with van der Waals surface area (Å²) in [5.74, 6) is -0.286. The average Bonchev–Trinajstić information content (AvgIpc) is 2.62. The molecule has 3 rings (SSSR count). The van der Waals surface area contributed by atoms with Crippen LogP contribution in [0.1, 0.15) is 18.2 Å². The molecule has 1 aliphatic rings. The second-order valence-corrected chi connectivity index (χ2v) is 4.89. The van der Waals surface area contributed by atoms with E-state index >= 15 is 0 Å². The molecule has 2 aromatic rings. The third kappa shape index (κ3) is 1.78. The summed E-state index contributed by atoms with van der Waals surface area (Å²) in [5.41, 5.74) is -0.0752. The topological polar surface area (TPSA) is 37.2 Å². The average molecular weight is 270 g/mol. The van der Waals surface area contributed by atoms with Crippen LogP contribution in [-0.4, -0.2) is 15.7 Å². The summed E-state index contributed by atoms with van der Waals surface area (Å²) >= 11 is 0. The van der Waals surface area contributed by atoms with E-state index in [0.717, 1.165) is 6.07 Å². The highest BCUT2D eigenvalue weighted by Crippen LogP contribution is 2.42. The van der Waals surface area contributed by atoms with E-state index in [9.17, 15) is 18.3 Å². The van der Waals surface area contributed by atoms with Gasteiger partial charge in [-0.1, -0.05) is 12.1 Å². The highest BCUT2D eigenvalue weighted by atomic mass is 19.4. The van der Waals surface area contributed by atoms with Crippen molar-refractivity contribution in [2.45, 2.75) is 32.2 Å². The number of halogens is 3. The maximum Gasteiger partial charge on any atom is 0.417 e. The van der Waals surface area contributed by atoms with Crippen LogP contribution in [0.15, 0.2) is 18.2 Å². The van der Waals surface area contributed by atoms with E-state index < -0.39 is 11.7 Å². The summed E-state index contributed by atoms with van der Waals surface area (Å²) in [5, 5.41) is 13.7. The van der Waals surface area contributed by atoms with Gasteiger partial charge < -0.3 is 15.0 Å². The predicted molar refractivity (Wildman–Crippen MR) is 64.9 cm³/mol. The Labute approximate surface area is 107 Å². The standard InChI is InChI=1S/C13H13F3N2O/c1-7-6-18-10(5-17-7)8-3-2-4-9(13(14,15)16)11(8)12(18)19/h2-4,7,17,19H,5-6H2,1H3/t7-/m0/s1. The lowest BCUT2D eigenvalue weighted by molar-refractivity contribution is -0.136. The summed E-state index contributed by atoms with van der Waals surface area (Å²) in [6, 6.07) is 4.12. The quantitative estimate of drug-likeness (QED) is 0.772. The second-order valence-electron chi connectivity index (χ2n) is 4.89. The van der Waals surface area contributed by atoms with E-state index in [1.54, 1.807) is 10.6 Å². The van der Waals surface area contributed by atoms with Gasteiger partial charge in [-0.3, -0.25) is 0 Å². The van der Waals surface area contributed by atoms with Crippen molar-refractivity contribution in [3.63, 3.8) is 0 Å². The molecule has 0 saturated carbocycles. The van der Waals surface area contributed by atoms with Gasteiger partial charge in [-0.15, -0.1) is 0 Å². The van der Waals surface area contributed by atoms with Crippen LogP contribution in [0.2, 0.25) is 0 Å². The first-order valence-electron chi connectivity index (χ1n) is 6.03. The number of nitrogens with one attached hydrogen (secondary N) is 1. The van der Waals surface area contributed by atoms with Gasteiger partial charge in [0.05, 0.1) is 10.9 Å². The Morgan fingerprint density at radius 3 is 2.79 bits per heavy atom. The van der Waals surface area contributed by atoms with Gasteiger partial charge >= 0.3 is 6.18 Å². The Bertz CT molecular complexity index is 645. The van der Waals surface area contributed by atoms with Crippen LogP contribution in [-0.2, 0) is 19.3 Å². The van der Waals surface area contributed by atoms with Gasteiger partial charge in [0.25, 0.3) is 0 Å². The Morgan fingerprint density at radius 1 is 1.37 bits per heavy atom. The maximum absolute atomic E-state index is 13.0. The molecular formula is C13H13F3N2O. The molecule has 0 radical (unpaired) electrons. The highest BCUT2D eigenvalue weighted by molar-refractivity contribution is 5.94. The van der Waals surface area contributed by atoms with Gasteiger partial charge in [0.1, 0.15) is 0 Å². The van der Waals surface area contributed by atoms with Gasteiger partial charge in [-0.25, -0.2) is 0 Å². The van der Waals surface area contributed by atoms with E-state index in [1.807, 2.05) is 6.92 Å². The molecule has 0 spiro atoms. The fraction of sp³-hybridized carbons (Fsp3) is 0.385. The van der Waals surface area contributed by atoms with Crippen molar-refractivity contribution in [3.05, 3.63) is 29.5 Å². The van der Waals surface area contributed by atoms with Gasteiger partial charge in [0, 0.05) is 30.2 Å². The Hall–Kier alpha value is -1.69. The van der Waals surface area contributed by atoms with E-state index in [2.05, 4.69) is 5.32 Å². The molecule has 1 aromatic heterocycles. The third-order valence-corrected chi connectivity index (χ3v) is 3.56. The first-order valence-corrected chi connectivity index (χ1v) is 6.03. The summed E-state index contributed by atoms with van der Waals surface area (Å²) in [7, 11) is 0. The monoisotopic (exact) mass is 270 g/mol. The van der Waals surface area contributed by atoms with Crippen molar-refractivity contribution >= 4 is 10.8 Å². The van der Waals surface area contributed by atoms with E-state index in [4.69, 9.17) is 0 Å². The van der Waals surface area contributed by atoms with E-state index in [0.29, 0.717) is 24.2 Å². The molecule has 19 heavy (non-hydrogen) atoms. The zero-order valence-electron chi connectivity index (χ0n) is 10.3. The first-order chi connectivity index (χ1) is 8.89. The lowest BCUT2D eigenvalue weighted by Crippen LogP contribution is -2.36. The molecule has 0 aliphatic carbocycles. The molecule has 3 nitrogen and oxygen atoms in total. The van der Waals surface area contributed by atoms with Gasteiger partial charge in [0.15, 0.2) is 5.88 Å². The van der Waals surface area contributed by atoms with Crippen LogP contribution in [0.25, 0.3) is 10.8 Å². The first kappa shape index (κ1) is 12.3. The normalized spacial score (nSPS) is 19.7. The molecule has 2 heterocycles. The minimum Gasteiger partial charge on any atom is -0.494 e. The summed E-state index contributed by atoms with van der Waals surface area (Å²) < 4.78 is 40.6. The molecule has 0 fully saturated rings. The van der Waals surface area contributed by atoms with Crippen molar-refractivity contribution in [1.29, 1.82) is 0 Å². The molecule has 6 heteroatoms. The van der Waals surface area contributed by atoms with Crippen LogP contribution >= 0.6 is 0 Å². The van der Waals surface area contributed by atoms with E-state index in [-0.39, 0.29) is 17.3 Å². The van der Waals surface area contributed by atoms with Gasteiger partial charge in [-0.05, 0) is 13.0 Å². The lowest BCUT2D eigenvalue weighted by atomic mass is 10.1. The molecule has 1 aliphatic heterocycles. The molecule has 0 unspecified atom stereocenters. The largest absolute Gasteiger partial charge is 0.494 e. The molecule has 102 valence electrons. The van der Waals surface area contributed by atoms with Crippen LogP contribution in [0.3, 0.4) is 0 Å². The third-order valence-electron chi connectivity index (χ3n) is 3.56. The molecule has 1 atom stereocenters. The highest BCUT2D eigenvalue weighted by Gasteiger charge is 2.36. The van der Waals surface area contributed by atoms with Crippen LogP contribution < -0.4 is 5.32 Å². The summed E-state index contributed by atoms with van der Waals surface area (Å²) in [6.07, 6.45) is -4.46. The van der Waals surface area contributed by atoms with Crippen molar-refractivity contribution < 1.29 is 18.3 Å². The number of benzene rings is 1. The van der Waals surface area contributed by atoms with Crippen molar-refractivity contribution in [2.24, 2.45) is 0 Å². The lowest BCUT2D eigenvalue weighted by Gasteiger charge is -2.23. The van der Waals surface area contributed by atoms with E-state index in [1.165, 1.54) is 6.07 Å². The number of rotatable bonds is 0. The van der Waals surface area contributed by atoms with Crippen LogP contribution in [0.4, 0.5) is 13.2 Å². The number of hydrogen-bond donors (Lipinski definition) is 2. The maximum atomic E-state index is 13.0. The number of alkyl halides is 3. The zero-order valence-corrected chi connectivity index (χ0v) is 10.3.